The molecule has 0 saturated carbocycles. The number of methoxy groups -OCH3 is 2. The van der Waals surface area contributed by atoms with Crippen molar-refractivity contribution in [3.63, 3.8) is 0 Å². The lowest BCUT2D eigenvalue weighted by Crippen LogP contribution is -2.40. The van der Waals surface area contributed by atoms with E-state index in [0.29, 0.717) is 6.04 Å². The van der Waals surface area contributed by atoms with Crippen molar-refractivity contribution in [2.75, 3.05) is 27.3 Å². The fourth-order valence-electron chi connectivity index (χ4n) is 1.55. The Bertz CT molecular complexity index is 138. The number of hydrogen-bond acceptors (Lipinski definition) is 3. The van der Waals surface area contributed by atoms with Gasteiger partial charge in [-0.3, -0.25) is 4.90 Å². The molecule has 0 radical (unpaired) electrons. The van der Waals surface area contributed by atoms with Crippen LogP contribution in [-0.2, 0) is 9.47 Å². The van der Waals surface area contributed by atoms with Crippen molar-refractivity contribution in [2.45, 2.75) is 52.4 Å². The number of rotatable bonds is 9. The van der Waals surface area contributed by atoms with Crippen LogP contribution >= 0.6 is 0 Å². The van der Waals surface area contributed by atoms with Gasteiger partial charge in [0.1, 0.15) is 0 Å². The third kappa shape index (κ3) is 6.13. The Morgan fingerprint density at radius 1 is 1.13 bits per heavy atom. The largest absolute Gasteiger partial charge is 0.355 e. The highest BCUT2D eigenvalue weighted by Gasteiger charge is 2.16. The van der Waals surface area contributed by atoms with Crippen LogP contribution in [0.3, 0.4) is 0 Å². The van der Waals surface area contributed by atoms with Gasteiger partial charge in [0.25, 0.3) is 0 Å². The molecule has 0 saturated heterocycles. The van der Waals surface area contributed by atoms with Gasteiger partial charge < -0.3 is 9.47 Å². The highest BCUT2D eigenvalue weighted by molar-refractivity contribution is 4.67. The molecule has 15 heavy (non-hydrogen) atoms. The Morgan fingerprint density at radius 2 is 1.73 bits per heavy atom. The van der Waals surface area contributed by atoms with E-state index in [0.717, 1.165) is 13.1 Å². The average molecular weight is 217 g/mol. The van der Waals surface area contributed by atoms with Crippen LogP contribution in [0, 0.1) is 0 Å². The van der Waals surface area contributed by atoms with E-state index < -0.39 is 0 Å². The molecule has 0 aliphatic heterocycles. The van der Waals surface area contributed by atoms with Gasteiger partial charge >= 0.3 is 0 Å². The van der Waals surface area contributed by atoms with Gasteiger partial charge in [-0.25, -0.2) is 0 Å². The zero-order valence-electron chi connectivity index (χ0n) is 11.0. The first-order valence-electron chi connectivity index (χ1n) is 5.99. The number of nitrogens with zero attached hydrogens (tertiary/aromatic N) is 1. The molecule has 0 amide bonds. The summed E-state index contributed by atoms with van der Waals surface area (Å²) >= 11 is 0. The molecule has 0 spiro atoms. The molecule has 0 aromatic carbocycles. The SMILES string of the molecule is CCCCN(CC(OC)OC)C(C)CC. The Morgan fingerprint density at radius 3 is 2.13 bits per heavy atom. The fraction of sp³-hybridized carbons (Fsp3) is 1.00. The fourth-order valence-corrected chi connectivity index (χ4v) is 1.55. The van der Waals surface area contributed by atoms with Gasteiger partial charge in [-0.05, 0) is 26.3 Å². The second-order valence-corrected chi connectivity index (χ2v) is 4.01. The van der Waals surface area contributed by atoms with Crippen LogP contribution in [0.4, 0.5) is 0 Å². The van der Waals surface area contributed by atoms with Crippen molar-refractivity contribution < 1.29 is 9.47 Å². The van der Waals surface area contributed by atoms with Crippen molar-refractivity contribution in [3.8, 4) is 0 Å². The Hall–Kier alpha value is -0.120. The molecule has 0 N–H and O–H groups in total. The third-order valence-corrected chi connectivity index (χ3v) is 2.92. The summed E-state index contributed by atoms with van der Waals surface area (Å²) in [6.45, 7) is 8.70. The Labute approximate surface area is 94.7 Å². The molecule has 3 nitrogen and oxygen atoms in total. The summed E-state index contributed by atoms with van der Waals surface area (Å²) in [5.41, 5.74) is 0. The van der Waals surface area contributed by atoms with Crippen LogP contribution in [0.25, 0.3) is 0 Å². The predicted octanol–water partition coefficient (Wildman–Crippen LogP) is 2.51. The van der Waals surface area contributed by atoms with Gasteiger partial charge in [0.2, 0.25) is 0 Å². The van der Waals surface area contributed by atoms with Crippen LogP contribution < -0.4 is 0 Å². The molecule has 0 aromatic rings. The molecular weight excluding hydrogens is 190 g/mol. The Balaban J connectivity index is 4.09. The lowest BCUT2D eigenvalue weighted by atomic mass is 10.2. The minimum Gasteiger partial charge on any atom is -0.355 e. The Kier molecular flexibility index (Phi) is 9.06. The van der Waals surface area contributed by atoms with Gasteiger partial charge in [0.15, 0.2) is 6.29 Å². The minimum atomic E-state index is -0.101. The summed E-state index contributed by atoms with van der Waals surface area (Å²) in [5, 5.41) is 0. The third-order valence-electron chi connectivity index (χ3n) is 2.92. The van der Waals surface area contributed by atoms with E-state index in [9.17, 15) is 0 Å². The van der Waals surface area contributed by atoms with E-state index in [1.165, 1.54) is 19.3 Å². The first kappa shape index (κ1) is 14.9. The van der Waals surface area contributed by atoms with Gasteiger partial charge in [-0.2, -0.15) is 0 Å². The summed E-state index contributed by atoms with van der Waals surface area (Å²) < 4.78 is 10.5. The van der Waals surface area contributed by atoms with Crippen molar-refractivity contribution in [2.24, 2.45) is 0 Å². The van der Waals surface area contributed by atoms with Gasteiger partial charge in [-0.1, -0.05) is 20.3 Å². The second-order valence-electron chi connectivity index (χ2n) is 4.01. The molecule has 0 bridgehead atoms. The molecule has 0 rings (SSSR count). The number of ether oxygens (including phenoxy) is 2. The molecule has 0 aliphatic rings. The van der Waals surface area contributed by atoms with E-state index >= 15 is 0 Å². The van der Waals surface area contributed by atoms with Crippen molar-refractivity contribution in [1.29, 1.82) is 0 Å². The molecule has 0 fully saturated rings. The average Bonchev–Trinajstić information content (AvgIpc) is 2.28. The van der Waals surface area contributed by atoms with Gasteiger partial charge in [-0.15, -0.1) is 0 Å². The topological polar surface area (TPSA) is 21.7 Å². The maximum Gasteiger partial charge on any atom is 0.169 e. The quantitative estimate of drug-likeness (QED) is 0.554. The molecular formula is C12H27NO2. The molecule has 0 aromatic heterocycles. The first-order valence-corrected chi connectivity index (χ1v) is 5.99. The predicted molar refractivity (Wildman–Crippen MR) is 64.0 cm³/mol. The van der Waals surface area contributed by atoms with Gasteiger partial charge in [0, 0.05) is 26.8 Å². The summed E-state index contributed by atoms with van der Waals surface area (Å²) in [5.74, 6) is 0. The van der Waals surface area contributed by atoms with Crippen LogP contribution in [0.1, 0.15) is 40.0 Å². The maximum atomic E-state index is 5.24. The maximum absolute atomic E-state index is 5.24. The lowest BCUT2D eigenvalue weighted by molar-refractivity contribution is -0.120. The van der Waals surface area contributed by atoms with Crippen molar-refractivity contribution in [1.82, 2.24) is 4.90 Å². The van der Waals surface area contributed by atoms with Crippen molar-refractivity contribution in [3.05, 3.63) is 0 Å². The van der Waals surface area contributed by atoms with Crippen LogP contribution in [0.5, 0.6) is 0 Å². The monoisotopic (exact) mass is 217 g/mol. The smallest absolute Gasteiger partial charge is 0.169 e. The van der Waals surface area contributed by atoms with E-state index in [-0.39, 0.29) is 6.29 Å². The minimum absolute atomic E-state index is 0.101. The summed E-state index contributed by atoms with van der Waals surface area (Å²) in [4.78, 5) is 2.45. The van der Waals surface area contributed by atoms with Crippen LogP contribution in [0.2, 0.25) is 0 Å². The summed E-state index contributed by atoms with van der Waals surface area (Å²) in [7, 11) is 3.39. The number of unbranched alkanes of at least 4 members (excludes halogenated alkanes) is 1. The molecule has 0 aliphatic carbocycles. The standard InChI is InChI=1S/C12H27NO2/c1-6-8-9-13(11(3)7-2)10-12(14-4)15-5/h11-12H,6-10H2,1-5H3. The molecule has 3 heteroatoms. The van der Waals surface area contributed by atoms with E-state index in [1.807, 2.05) is 0 Å². The number of hydrogen-bond donors (Lipinski definition) is 0. The van der Waals surface area contributed by atoms with Crippen LogP contribution in [0.15, 0.2) is 0 Å². The zero-order valence-corrected chi connectivity index (χ0v) is 11.0. The molecule has 1 atom stereocenters. The second kappa shape index (κ2) is 9.13. The van der Waals surface area contributed by atoms with Gasteiger partial charge in [0.05, 0.1) is 0 Å². The lowest BCUT2D eigenvalue weighted by Gasteiger charge is -2.30. The highest BCUT2D eigenvalue weighted by Crippen LogP contribution is 2.08. The normalized spacial score (nSPS) is 13.8. The summed E-state index contributed by atoms with van der Waals surface area (Å²) in [6, 6.07) is 0.601. The molecule has 92 valence electrons. The van der Waals surface area contributed by atoms with Crippen LogP contribution in [-0.4, -0.2) is 44.5 Å². The van der Waals surface area contributed by atoms with Crippen molar-refractivity contribution >= 4 is 0 Å². The van der Waals surface area contributed by atoms with E-state index in [4.69, 9.17) is 9.47 Å². The summed E-state index contributed by atoms with van der Waals surface area (Å²) in [6.07, 6.45) is 3.54. The highest BCUT2D eigenvalue weighted by atomic mass is 16.7. The van der Waals surface area contributed by atoms with E-state index in [2.05, 4.69) is 25.7 Å². The zero-order chi connectivity index (χ0) is 11.7. The molecule has 0 heterocycles. The van der Waals surface area contributed by atoms with E-state index in [1.54, 1.807) is 14.2 Å². The first-order chi connectivity index (χ1) is 7.19. The molecule has 1 unspecified atom stereocenters.